The number of Topliss-reactive ketones (excluding diaryl/α,β-unsaturated/α-hetero) is 1. The van der Waals surface area contributed by atoms with Crippen LogP contribution in [-0.4, -0.2) is 51.8 Å². The van der Waals surface area contributed by atoms with Gasteiger partial charge < -0.3 is 24.4 Å². The molecule has 1 aliphatic rings. The second-order valence-electron chi connectivity index (χ2n) is 8.72. The van der Waals surface area contributed by atoms with Crippen LogP contribution >= 0.6 is 11.6 Å². The van der Waals surface area contributed by atoms with Gasteiger partial charge in [0.15, 0.2) is 11.5 Å². The van der Waals surface area contributed by atoms with Crippen molar-refractivity contribution in [2.45, 2.75) is 34.1 Å². The third-order valence-electron chi connectivity index (χ3n) is 6.35. The lowest BCUT2D eigenvalue weighted by atomic mass is 10.0. The van der Waals surface area contributed by atoms with Gasteiger partial charge in [-0.05, 0) is 80.8 Å². The summed E-state index contributed by atoms with van der Waals surface area (Å²) in [6.45, 7) is 9.78. The van der Waals surface area contributed by atoms with Gasteiger partial charge in [0.2, 0.25) is 17.4 Å². The van der Waals surface area contributed by atoms with Crippen molar-refractivity contribution >= 4 is 40.4 Å². The Labute approximate surface area is 228 Å². The standard InChI is InChI=1S/C29H34ClN3O5/c1-8-33(9-2)20-10-11-21(17(3)12-20)31-22-16-23(28(35)27(30)18(22)4)32-26(34)15-19-13-24(36-5)29(38-7)25(14-19)37-6/h10-14,16H,8-9,15H2,1-7H3,(H,32,34)/b31-22+. The van der Waals surface area contributed by atoms with Crippen molar-refractivity contribution in [1.82, 2.24) is 5.32 Å². The number of hydrogen-bond donors (Lipinski definition) is 1. The monoisotopic (exact) mass is 539 g/mol. The summed E-state index contributed by atoms with van der Waals surface area (Å²) in [7, 11) is 4.51. The molecule has 2 aromatic carbocycles. The van der Waals surface area contributed by atoms with Gasteiger partial charge in [-0.15, -0.1) is 0 Å². The van der Waals surface area contributed by atoms with E-state index < -0.39 is 11.7 Å². The van der Waals surface area contributed by atoms with Crippen LogP contribution in [0.4, 0.5) is 11.4 Å². The average Bonchev–Trinajstić information content (AvgIpc) is 2.91. The smallest absolute Gasteiger partial charge is 0.228 e. The SMILES string of the molecule is CCN(CC)c1ccc(/N=C2\C=C(NC(=O)Cc3cc(OC)c(OC)c(OC)c3)C(=O)C(Cl)=C2C)c(C)c1. The third kappa shape index (κ3) is 6.19. The predicted octanol–water partition coefficient (Wildman–Crippen LogP) is 5.28. The topological polar surface area (TPSA) is 89.5 Å². The van der Waals surface area contributed by atoms with Crippen molar-refractivity contribution in [3.8, 4) is 17.2 Å². The van der Waals surface area contributed by atoms with Gasteiger partial charge in [0.25, 0.3) is 0 Å². The number of aliphatic imine (C=N–C) groups is 1. The molecule has 1 aliphatic carbocycles. The van der Waals surface area contributed by atoms with Gasteiger partial charge in [-0.1, -0.05) is 11.6 Å². The van der Waals surface area contributed by atoms with Gasteiger partial charge in [-0.25, -0.2) is 4.99 Å². The minimum atomic E-state index is -0.463. The maximum Gasteiger partial charge on any atom is 0.228 e. The number of halogens is 1. The number of nitrogens with one attached hydrogen (secondary N) is 1. The fourth-order valence-corrected chi connectivity index (χ4v) is 4.42. The Bertz CT molecular complexity index is 1300. The molecule has 0 atom stereocenters. The minimum Gasteiger partial charge on any atom is -0.493 e. The second kappa shape index (κ2) is 12.6. The van der Waals surface area contributed by atoms with E-state index in [4.69, 9.17) is 30.8 Å². The first-order chi connectivity index (χ1) is 18.2. The number of amides is 1. The van der Waals surface area contributed by atoms with Gasteiger partial charge >= 0.3 is 0 Å². The fourth-order valence-electron chi connectivity index (χ4n) is 4.22. The molecule has 0 radical (unpaired) electrons. The zero-order valence-electron chi connectivity index (χ0n) is 22.9. The summed E-state index contributed by atoms with van der Waals surface area (Å²) in [4.78, 5) is 32.8. The Morgan fingerprint density at radius 2 is 1.63 bits per heavy atom. The molecule has 0 fully saturated rings. The molecular formula is C29H34ClN3O5. The number of ether oxygens (including phenoxy) is 3. The Kier molecular flexibility index (Phi) is 9.58. The van der Waals surface area contributed by atoms with Crippen LogP contribution in [-0.2, 0) is 16.0 Å². The summed E-state index contributed by atoms with van der Waals surface area (Å²) in [5, 5.41) is 2.72. The Hall–Kier alpha value is -3.78. The Morgan fingerprint density at radius 1 is 1.00 bits per heavy atom. The highest BCUT2D eigenvalue weighted by molar-refractivity contribution is 6.49. The molecule has 3 rings (SSSR count). The van der Waals surface area contributed by atoms with Gasteiger partial charge in [0, 0.05) is 18.8 Å². The number of allylic oxidation sites excluding steroid dienone is 3. The normalized spacial score (nSPS) is 14.4. The predicted molar refractivity (Wildman–Crippen MR) is 151 cm³/mol. The molecule has 0 saturated carbocycles. The van der Waals surface area contributed by atoms with Crippen LogP contribution in [0.3, 0.4) is 0 Å². The second-order valence-corrected chi connectivity index (χ2v) is 9.10. The highest BCUT2D eigenvalue weighted by Crippen LogP contribution is 2.38. The van der Waals surface area contributed by atoms with E-state index >= 15 is 0 Å². The van der Waals surface area contributed by atoms with Crippen LogP contribution in [0.15, 0.2) is 57.7 Å². The molecule has 0 unspecified atom stereocenters. The van der Waals surface area contributed by atoms with Crippen LogP contribution < -0.4 is 24.4 Å². The lowest BCUT2D eigenvalue weighted by Gasteiger charge is -2.22. The van der Waals surface area contributed by atoms with Crippen molar-refractivity contribution in [2.75, 3.05) is 39.3 Å². The number of anilines is 1. The summed E-state index contributed by atoms with van der Waals surface area (Å²) >= 11 is 6.38. The van der Waals surface area contributed by atoms with Crippen molar-refractivity contribution in [3.05, 3.63) is 63.8 Å². The molecule has 2 aromatic rings. The molecule has 1 amide bonds. The fraction of sp³-hybridized carbons (Fsp3) is 0.345. The molecule has 0 aliphatic heterocycles. The van der Waals surface area contributed by atoms with Gasteiger partial charge in [-0.2, -0.15) is 0 Å². The van der Waals surface area contributed by atoms with Crippen LogP contribution in [0.5, 0.6) is 17.2 Å². The minimum absolute atomic E-state index is 0.0201. The lowest BCUT2D eigenvalue weighted by molar-refractivity contribution is -0.121. The molecule has 38 heavy (non-hydrogen) atoms. The first-order valence-electron chi connectivity index (χ1n) is 12.3. The molecule has 1 N–H and O–H groups in total. The van der Waals surface area contributed by atoms with Crippen molar-refractivity contribution in [1.29, 1.82) is 0 Å². The summed E-state index contributed by atoms with van der Waals surface area (Å²) in [5.74, 6) is 0.428. The highest BCUT2D eigenvalue weighted by atomic mass is 35.5. The number of rotatable bonds is 10. The van der Waals surface area contributed by atoms with E-state index in [0.717, 1.165) is 30.0 Å². The average molecular weight is 540 g/mol. The molecule has 202 valence electrons. The van der Waals surface area contributed by atoms with Crippen molar-refractivity contribution in [2.24, 2.45) is 4.99 Å². The number of hydrogen-bond acceptors (Lipinski definition) is 7. The Balaban J connectivity index is 1.88. The number of carbonyl (C=O) groups is 2. The van der Waals surface area contributed by atoms with Gasteiger partial charge in [-0.3, -0.25) is 9.59 Å². The van der Waals surface area contributed by atoms with E-state index in [9.17, 15) is 9.59 Å². The zero-order chi connectivity index (χ0) is 28.0. The molecular weight excluding hydrogens is 506 g/mol. The molecule has 9 heteroatoms. The van der Waals surface area contributed by atoms with Crippen LogP contribution in [0, 0.1) is 6.92 Å². The molecule has 0 aromatic heterocycles. The first kappa shape index (κ1) is 28.8. The number of ketones is 1. The van der Waals surface area contributed by atoms with Crippen LogP contribution in [0.2, 0.25) is 0 Å². The van der Waals surface area contributed by atoms with E-state index in [1.165, 1.54) is 21.3 Å². The van der Waals surface area contributed by atoms with Crippen molar-refractivity contribution in [3.63, 3.8) is 0 Å². The van der Waals surface area contributed by atoms with E-state index in [1.54, 1.807) is 25.1 Å². The maximum absolute atomic E-state index is 12.9. The molecule has 0 bridgehead atoms. The van der Waals surface area contributed by atoms with Gasteiger partial charge in [0.1, 0.15) is 0 Å². The summed E-state index contributed by atoms with van der Waals surface area (Å²) < 4.78 is 16.1. The molecule has 8 nitrogen and oxygen atoms in total. The number of benzene rings is 2. The van der Waals surface area contributed by atoms with E-state index in [0.29, 0.717) is 34.1 Å². The maximum atomic E-state index is 12.9. The van der Waals surface area contributed by atoms with E-state index in [2.05, 4.69) is 30.1 Å². The number of nitrogens with zero attached hydrogens (tertiary/aromatic N) is 2. The van der Waals surface area contributed by atoms with E-state index in [1.807, 2.05) is 19.1 Å². The highest BCUT2D eigenvalue weighted by Gasteiger charge is 2.26. The lowest BCUT2D eigenvalue weighted by Crippen LogP contribution is -2.32. The van der Waals surface area contributed by atoms with Gasteiger partial charge in [0.05, 0.1) is 49.9 Å². The van der Waals surface area contributed by atoms with Crippen molar-refractivity contribution < 1.29 is 23.8 Å². The largest absolute Gasteiger partial charge is 0.493 e. The van der Waals surface area contributed by atoms with E-state index in [-0.39, 0.29) is 17.2 Å². The summed E-state index contributed by atoms with van der Waals surface area (Å²) in [6, 6.07) is 9.44. The number of carbonyl (C=O) groups excluding carboxylic acids is 2. The summed E-state index contributed by atoms with van der Waals surface area (Å²) in [5.41, 5.74) is 4.61. The third-order valence-corrected chi connectivity index (χ3v) is 6.81. The first-order valence-corrected chi connectivity index (χ1v) is 12.7. The Morgan fingerprint density at radius 3 is 2.16 bits per heavy atom. The molecule has 0 spiro atoms. The zero-order valence-corrected chi connectivity index (χ0v) is 23.7. The number of methoxy groups -OCH3 is 3. The number of aryl methyl sites for hydroxylation is 1. The van der Waals surface area contributed by atoms with Crippen LogP contribution in [0.25, 0.3) is 0 Å². The summed E-state index contributed by atoms with van der Waals surface area (Å²) in [6.07, 6.45) is 1.54. The quantitative estimate of drug-likeness (QED) is 0.413. The van der Waals surface area contributed by atoms with Crippen LogP contribution in [0.1, 0.15) is 31.9 Å². The molecule has 0 saturated heterocycles. The molecule has 0 heterocycles.